The van der Waals surface area contributed by atoms with Gasteiger partial charge in [0.25, 0.3) is 5.91 Å². The molecule has 0 saturated carbocycles. The Bertz CT molecular complexity index is 1210. The first-order valence-corrected chi connectivity index (χ1v) is 10.5. The molecule has 0 bridgehead atoms. The smallest absolute Gasteiger partial charge is 0.264 e. The highest BCUT2D eigenvalue weighted by molar-refractivity contribution is 7.14. The van der Waals surface area contributed by atoms with Crippen LogP contribution in [0.1, 0.15) is 29.4 Å². The van der Waals surface area contributed by atoms with Gasteiger partial charge in [0.05, 0.1) is 5.69 Å². The normalized spacial score (nSPS) is 10.9. The van der Waals surface area contributed by atoms with Crippen molar-refractivity contribution in [3.8, 4) is 17.0 Å². The minimum absolute atomic E-state index is 0.0734. The largest absolute Gasteiger partial charge is 0.484 e. The third-order valence-electron chi connectivity index (χ3n) is 4.77. The highest BCUT2D eigenvalue weighted by atomic mass is 32.1. The third-order valence-corrected chi connectivity index (χ3v) is 5.53. The summed E-state index contributed by atoms with van der Waals surface area (Å²) in [6.07, 6.45) is 0.455. The van der Waals surface area contributed by atoms with Crippen molar-refractivity contribution in [2.45, 2.75) is 20.3 Å². The molecule has 7 heteroatoms. The number of anilines is 1. The number of aryl methyl sites for hydroxylation is 1. The average molecular weight is 420 g/mol. The van der Waals surface area contributed by atoms with Gasteiger partial charge < -0.3 is 9.72 Å². The van der Waals surface area contributed by atoms with E-state index in [4.69, 9.17) is 4.74 Å². The standard InChI is InChI=1S/C23H21N3O3S/c1-3-20(27)15-8-10-16(11-9-15)29-12-21(28)26-23-25-19(13-30-23)22-14(2)24-18-7-5-4-6-17(18)22/h4-11,13,24H,3,12H2,1-2H3,(H,25,26,28). The van der Waals surface area contributed by atoms with E-state index in [9.17, 15) is 9.59 Å². The van der Waals surface area contributed by atoms with Gasteiger partial charge in [0.1, 0.15) is 5.75 Å². The monoisotopic (exact) mass is 419 g/mol. The van der Waals surface area contributed by atoms with Gasteiger partial charge in [-0.2, -0.15) is 0 Å². The lowest BCUT2D eigenvalue weighted by atomic mass is 10.1. The molecule has 0 radical (unpaired) electrons. The molecule has 0 spiro atoms. The van der Waals surface area contributed by atoms with Crippen LogP contribution in [0.2, 0.25) is 0 Å². The fraction of sp³-hybridized carbons (Fsp3) is 0.174. The SMILES string of the molecule is CCC(=O)c1ccc(OCC(=O)Nc2nc(-c3c(C)[nH]c4ccccc34)cs2)cc1. The highest BCUT2D eigenvalue weighted by Crippen LogP contribution is 2.33. The first kappa shape index (κ1) is 19.8. The van der Waals surface area contributed by atoms with E-state index in [1.54, 1.807) is 24.3 Å². The van der Waals surface area contributed by atoms with Crippen molar-refractivity contribution in [1.82, 2.24) is 9.97 Å². The van der Waals surface area contributed by atoms with Gasteiger partial charge in [-0.3, -0.25) is 14.9 Å². The summed E-state index contributed by atoms with van der Waals surface area (Å²) in [5.41, 5.74) is 4.59. The Morgan fingerprint density at radius 1 is 1.13 bits per heavy atom. The number of aromatic nitrogens is 2. The molecule has 152 valence electrons. The van der Waals surface area contributed by atoms with Gasteiger partial charge in [0, 0.05) is 39.5 Å². The van der Waals surface area contributed by atoms with Crippen LogP contribution in [-0.2, 0) is 4.79 Å². The van der Waals surface area contributed by atoms with E-state index in [1.807, 2.05) is 37.4 Å². The van der Waals surface area contributed by atoms with Gasteiger partial charge >= 0.3 is 0 Å². The number of para-hydroxylation sites is 1. The van der Waals surface area contributed by atoms with Crippen molar-refractivity contribution in [3.63, 3.8) is 0 Å². The van der Waals surface area contributed by atoms with Crippen molar-refractivity contribution < 1.29 is 14.3 Å². The zero-order valence-electron chi connectivity index (χ0n) is 16.7. The van der Waals surface area contributed by atoms with E-state index in [2.05, 4.69) is 21.4 Å². The summed E-state index contributed by atoms with van der Waals surface area (Å²) in [7, 11) is 0. The molecule has 2 heterocycles. The summed E-state index contributed by atoms with van der Waals surface area (Å²) in [5, 5.41) is 6.34. The lowest BCUT2D eigenvalue weighted by Crippen LogP contribution is -2.20. The minimum Gasteiger partial charge on any atom is -0.484 e. The number of hydrogen-bond donors (Lipinski definition) is 2. The zero-order valence-corrected chi connectivity index (χ0v) is 17.5. The van der Waals surface area contributed by atoms with Crippen molar-refractivity contribution >= 4 is 39.1 Å². The Balaban J connectivity index is 1.39. The lowest BCUT2D eigenvalue weighted by molar-refractivity contribution is -0.118. The molecule has 0 atom stereocenters. The summed E-state index contributed by atoms with van der Waals surface area (Å²) in [4.78, 5) is 31.9. The number of amides is 1. The molecular formula is C23H21N3O3S. The van der Waals surface area contributed by atoms with Gasteiger partial charge in [-0.25, -0.2) is 4.98 Å². The number of aromatic amines is 1. The Kier molecular flexibility index (Phi) is 5.63. The first-order chi connectivity index (χ1) is 14.5. The fourth-order valence-corrected chi connectivity index (χ4v) is 4.02. The predicted octanol–water partition coefficient (Wildman–Crippen LogP) is 5.21. The number of fused-ring (bicyclic) bond motifs is 1. The number of rotatable bonds is 7. The van der Waals surface area contributed by atoms with E-state index < -0.39 is 0 Å². The first-order valence-electron chi connectivity index (χ1n) is 9.64. The van der Waals surface area contributed by atoms with Crippen molar-refractivity contribution in [2.75, 3.05) is 11.9 Å². The maximum absolute atomic E-state index is 12.3. The van der Waals surface area contributed by atoms with Crippen LogP contribution in [0.4, 0.5) is 5.13 Å². The second-order valence-corrected chi connectivity index (χ2v) is 7.70. The van der Waals surface area contributed by atoms with Gasteiger partial charge in [0.2, 0.25) is 0 Å². The molecule has 2 aromatic carbocycles. The van der Waals surface area contributed by atoms with E-state index in [0.717, 1.165) is 27.9 Å². The summed E-state index contributed by atoms with van der Waals surface area (Å²) in [6, 6.07) is 14.9. The number of hydrogen-bond acceptors (Lipinski definition) is 5. The van der Waals surface area contributed by atoms with Crippen LogP contribution in [0.15, 0.2) is 53.9 Å². The van der Waals surface area contributed by atoms with E-state index in [1.165, 1.54) is 11.3 Å². The van der Waals surface area contributed by atoms with Crippen LogP contribution in [0.5, 0.6) is 5.75 Å². The molecule has 0 fully saturated rings. The number of benzene rings is 2. The van der Waals surface area contributed by atoms with Gasteiger partial charge in [0.15, 0.2) is 17.5 Å². The number of Topliss-reactive ketones (excluding diaryl/α,β-unsaturated/α-hetero) is 1. The summed E-state index contributed by atoms with van der Waals surface area (Å²) < 4.78 is 5.51. The van der Waals surface area contributed by atoms with Crippen LogP contribution < -0.4 is 10.1 Å². The van der Waals surface area contributed by atoms with Crippen LogP contribution in [0.3, 0.4) is 0 Å². The van der Waals surface area contributed by atoms with Crippen LogP contribution in [-0.4, -0.2) is 28.3 Å². The molecule has 4 rings (SSSR count). The summed E-state index contributed by atoms with van der Waals surface area (Å²) >= 11 is 1.37. The van der Waals surface area contributed by atoms with Gasteiger partial charge in [-0.05, 0) is 37.3 Å². The van der Waals surface area contributed by atoms with Crippen LogP contribution in [0, 0.1) is 6.92 Å². The number of thiazole rings is 1. The molecule has 0 aliphatic carbocycles. The minimum atomic E-state index is -0.291. The van der Waals surface area contributed by atoms with E-state index >= 15 is 0 Å². The summed E-state index contributed by atoms with van der Waals surface area (Å²) in [6.45, 7) is 3.70. The fourth-order valence-electron chi connectivity index (χ4n) is 3.30. The number of ether oxygens (including phenoxy) is 1. The molecule has 2 aromatic heterocycles. The molecule has 6 nitrogen and oxygen atoms in total. The number of carbonyl (C=O) groups excluding carboxylic acids is 2. The topological polar surface area (TPSA) is 84.1 Å². The second-order valence-electron chi connectivity index (χ2n) is 6.85. The number of H-pyrrole nitrogens is 1. The van der Waals surface area contributed by atoms with E-state index in [0.29, 0.717) is 22.9 Å². The maximum Gasteiger partial charge on any atom is 0.264 e. The van der Waals surface area contributed by atoms with Crippen LogP contribution >= 0.6 is 11.3 Å². The molecule has 0 aliphatic heterocycles. The Morgan fingerprint density at radius 3 is 2.67 bits per heavy atom. The molecule has 4 aromatic rings. The van der Waals surface area contributed by atoms with E-state index in [-0.39, 0.29) is 18.3 Å². The molecule has 0 unspecified atom stereocenters. The van der Waals surface area contributed by atoms with Gasteiger partial charge in [-0.15, -0.1) is 11.3 Å². The zero-order chi connectivity index (χ0) is 21.1. The lowest BCUT2D eigenvalue weighted by Gasteiger charge is -2.06. The number of ketones is 1. The van der Waals surface area contributed by atoms with Crippen molar-refractivity contribution in [2.24, 2.45) is 0 Å². The molecular weight excluding hydrogens is 398 g/mol. The van der Waals surface area contributed by atoms with Crippen LogP contribution in [0.25, 0.3) is 22.2 Å². The maximum atomic E-state index is 12.3. The predicted molar refractivity (Wildman–Crippen MR) is 119 cm³/mol. The molecule has 0 aliphatic rings. The molecule has 1 amide bonds. The quantitative estimate of drug-likeness (QED) is 0.403. The summed E-state index contributed by atoms with van der Waals surface area (Å²) in [5.74, 6) is 0.316. The molecule has 30 heavy (non-hydrogen) atoms. The third kappa shape index (κ3) is 4.11. The average Bonchev–Trinajstić information content (AvgIpc) is 3.34. The Morgan fingerprint density at radius 2 is 1.90 bits per heavy atom. The number of carbonyl (C=O) groups is 2. The number of nitrogens with one attached hydrogen (secondary N) is 2. The highest BCUT2D eigenvalue weighted by Gasteiger charge is 2.14. The van der Waals surface area contributed by atoms with Crippen molar-refractivity contribution in [3.05, 3.63) is 65.2 Å². The Hall–Kier alpha value is -3.45. The van der Waals surface area contributed by atoms with Gasteiger partial charge in [-0.1, -0.05) is 25.1 Å². The van der Waals surface area contributed by atoms with Crippen molar-refractivity contribution in [1.29, 1.82) is 0 Å². The molecule has 2 N–H and O–H groups in total. The Labute approximate surface area is 177 Å². The second kappa shape index (κ2) is 8.51. The molecule has 0 saturated heterocycles. The number of nitrogens with zero attached hydrogens (tertiary/aromatic N) is 1.